The maximum absolute atomic E-state index is 10.2. The van der Waals surface area contributed by atoms with Crippen LogP contribution in [0.4, 0.5) is 0 Å². The van der Waals surface area contributed by atoms with E-state index in [0.717, 1.165) is 24.7 Å². The average Bonchev–Trinajstić information content (AvgIpc) is 2.89. The molecule has 3 N–H and O–H groups in total. The van der Waals surface area contributed by atoms with Gasteiger partial charge in [0.15, 0.2) is 7.28 Å². The standard InChI is InChI=1S/C21H30BO3/c1-2-3-4-8-11-18-19(21(25)14-20(18)24)13-12-17(23)15-22-16-9-6-5-7-10-16/h4-10,12-13,17-21,23-25H,2-3,11,14-15H2,1H3/b8-4-,13-12+/t17-,18?,19?,20?,21?/m1/s1. The van der Waals surface area contributed by atoms with E-state index in [4.69, 9.17) is 0 Å². The first-order valence-corrected chi connectivity index (χ1v) is 9.37. The summed E-state index contributed by atoms with van der Waals surface area (Å²) in [5.74, 6) is -0.0858. The first-order valence-electron chi connectivity index (χ1n) is 9.37. The number of hydrogen-bond acceptors (Lipinski definition) is 3. The molecule has 0 amide bonds. The molecule has 1 aromatic rings. The third kappa shape index (κ3) is 6.46. The summed E-state index contributed by atoms with van der Waals surface area (Å²) in [5, 5.41) is 30.6. The molecule has 0 saturated heterocycles. The zero-order valence-corrected chi connectivity index (χ0v) is 15.0. The number of allylic oxidation sites excluding steroid dienone is 2. The van der Waals surface area contributed by atoms with Crippen molar-refractivity contribution in [2.45, 2.75) is 57.2 Å². The van der Waals surface area contributed by atoms with Crippen molar-refractivity contribution < 1.29 is 15.3 Å². The van der Waals surface area contributed by atoms with Crippen molar-refractivity contribution in [2.75, 3.05) is 0 Å². The Bertz CT molecular complexity index is 543. The number of hydrogen-bond donors (Lipinski definition) is 3. The van der Waals surface area contributed by atoms with E-state index < -0.39 is 18.3 Å². The van der Waals surface area contributed by atoms with Gasteiger partial charge in [-0.1, -0.05) is 73.4 Å². The van der Waals surface area contributed by atoms with Crippen LogP contribution in [0.1, 0.15) is 32.6 Å². The molecule has 0 aromatic heterocycles. The Labute approximate surface area is 152 Å². The molecule has 4 heteroatoms. The van der Waals surface area contributed by atoms with Crippen molar-refractivity contribution in [2.24, 2.45) is 11.8 Å². The highest BCUT2D eigenvalue weighted by Crippen LogP contribution is 2.36. The summed E-state index contributed by atoms with van der Waals surface area (Å²) in [5.41, 5.74) is 1.09. The summed E-state index contributed by atoms with van der Waals surface area (Å²) in [7, 11) is 2.00. The van der Waals surface area contributed by atoms with Crippen molar-refractivity contribution in [1.82, 2.24) is 0 Å². The Kier molecular flexibility index (Phi) is 8.46. The summed E-state index contributed by atoms with van der Waals surface area (Å²) < 4.78 is 0. The molecule has 1 aliphatic rings. The van der Waals surface area contributed by atoms with E-state index in [1.807, 2.05) is 43.7 Å². The smallest absolute Gasteiger partial charge is 0.154 e. The van der Waals surface area contributed by atoms with E-state index in [-0.39, 0.29) is 11.8 Å². The monoisotopic (exact) mass is 341 g/mol. The van der Waals surface area contributed by atoms with Crippen molar-refractivity contribution in [3.63, 3.8) is 0 Å². The van der Waals surface area contributed by atoms with Gasteiger partial charge in [-0.15, -0.1) is 0 Å². The molecule has 1 fully saturated rings. The van der Waals surface area contributed by atoms with E-state index in [2.05, 4.69) is 19.1 Å². The highest BCUT2D eigenvalue weighted by atomic mass is 16.3. The lowest BCUT2D eigenvalue weighted by molar-refractivity contribution is 0.120. The fourth-order valence-corrected chi connectivity index (χ4v) is 3.43. The van der Waals surface area contributed by atoms with Gasteiger partial charge < -0.3 is 15.3 Å². The van der Waals surface area contributed by atoms with E-state index >= 15 is 0 Å². The van der Waals surface area contributed by atoms with E-state index in [1.165, 1.54) is 0 Å². The maximum Gasteiger partial charge on any atom is 0.154 e. The number of unbranched alkanes of at least 4 members (excludes halogenated alkanes) is 1. The number of benzene rings is 1. The van der Waals surface area contributed by atoms with Gasteiger partial charge in [0.2, 0.25) is 0 Å². The molecule has 0 aliphatic heterocycles. The SMILES string of the molecule is CCC/C=C\CC1C(O)CC(O)C1/C=C/[C@@H](O)C[B]c1ccccc1. The van der Waals surface area contributed by atoms with Crippen molar-refractivity contribution in [3.8, 4) is 0 Å². The number of aliphatic hydroxyl groups is 3. The second-order valence-electron chi connectivity index (χ2n) is 6.91. The first kappa shape index (κ1) is 20.0. The molecule has 1 radical (unpaired) electrons. The van der Waals surface area contributed by atoms with Crippen LogP contribution in [0.15, 0.2) is 54.6 Å². The first-order chi connectivity index (χ1) is 12.1. The molecule has 5 atom stereocenters. The van der Waals surface area contributed by atoms with Gasteiger partial charge in [-0.05, 0) is 25.1 Å². The topological polar surface area (TPSA) is 60.7 Å². The van der Waals surface area contributed by atoms with Crippen LogP contribution in [0.2, 0.25) is 6.32 Å². The summed E-state index contributed by atoms with van der Waals surface area (Å²) >= 11 is 0. The molecule has 2 rings (SSSR count). The van der Waals surface area contributed by atoms with Crippen molar-refractivity contribution in [1.29, 1.82) is 0 Å². The highest BCUT2D eigenvalue weighted by Gasteiger charge is 2.39. The number of rotatable bonds is 9. The molecular formula is C21H30BO3. The largest absolute Gasteiger partial charge is 0.393 e. The normalized spacial score (nSPS) is 28.0. The van der Waals surface area contributed by atoms with Gasteiger partial charge in [0.25, 0.3) is 0 Å². The second-order valence-corrected chi connectivity index (χ2v) is 6.91. The minimum absolute atomic E-state index is 0.0182. The minimum atomic E-state index is -0.582. The summed E-state index contributed by atoms with van der Waals surface area (Å²) in [6.45, 7) is 2.14. The predicted octanol–water partition coefficient (Wildman–Crippen LogP) is 2.46. The van der Waals surface area contributed by atoms with Crippen LogP contribution >= 0.6 is 0 Å². The molecule has 3 nitrogen and oxygen atoms in total. The van der Waals surface area contributed by atoms with E-state index in [1.54, 1.807) is 6.08 Å². The zero-order chi connectivity index (χ0) is 18.1. The summed E-state index contributed by atoms with van der Waals surface area (Å²) in [4.78, 5) is 0. The van der Waals surface area contributed by atoms with Crippen molar-refractivity contribution in [3.05, 3.63) is 54.6 Å². The van der Waals surface area contributed by atoms with Gasteiger partial charge in [-0.2, -0.15) is 0 Å². The third-order valence-corrected chi connectivity index (χ3v) is 4.90. The van der Waals surface area contributed by atoms with Gasteiger partial charge in [0.05, 0.1) is 18.3 Å². The van der Waals surface area contributed by atoms with Gasteiger partial charge in [0.1, 0.15) is 0 Å². The zero-order valence-electron chi connectivity index (χ0n) is 15.0. The van der Waals surface area contributed by atoms with Crippen LogP contribution in [-0.4, -0.2) is 40.9 Å². The molecular weight excluding hydrogens is 311 g/mol. The van der Waals surface area contributed by atoms with Gasteiger partial charge in [0, 0.05) is 12.3 Å². The quantitative estimate of drug-likeness (QED) is 0.478. The molecule has 0 bridgehead atoms. The molecule has 25 heavy (non-hydrogen) atoms. The second kappa shape index (κ2) is 10.6. The molecule has 4 unspecified atom stereocenters. The van der Waals surface area contributed by atoms with Crippen LogP contribution in [0.25, 0.3) is 0 Å². The van der Waals surface area contributed by atoms with Gasteiger partial charge >= 0.3 is 0 Å². The van der Waals surface area contributed by atoms with Crippen LogP contribution < -0.4 is 5.46 Å². The van der Waals surface area contributed by atoms with E-state index in [0.29, 0.717) is 12.7 Å². The molecule has 1 aromatic carbocycles. The molecule has 0 heterocycles. The lowest BCUT2D eigenvalue weighted by Crippen LogP contribution is -2.21. The Balaban J connectivity index is 1.87. The Morgan fingerprint density at radius 1 is 1.16 bits per heavy atom. The van der Waals surface area contributed by atoms with Gasteiger partial charge in [-0.25, -0.2) is 0 Å². The minimum Gasteiger partial charge on any atom is -0.393 e. The average molecular weight is 341 g/mol. The Morgan fingerprint density at radius 2 is 1.92 bits per heavy atom. The van der Waals surface area contributed by atoms with Crippen molar-refractivity contribution >= 4 is 12.7 Å². The molecule has 1 saturated carbocycles. The molecule has 135 valence electrons. The maximum atomic E-state index is 10.2. The van der Waals surface area contributed by atoms with Crippen LogP contribution in [-0.2, 0) is 0 Å². The highest BCUT2D eigenvalue weighted by molar-refractivity contribution is 6.53. The molecule has 1 aliphatic carbocycles. The predicted molar refractivity (Wildman–Crippen MR) is 104 cm³/mol. The summed E-state index contributed by atoms with van der Waals surface area (Å²) in [6, 6.07) is 9.93. The van der Waals surface area contributed by atoms with Crippen LogP contribution in [0.5, 0.6) is 0 Å². The Morgan fingerprint density at radius 3 is 2.64 bits per heavy atom. The lowest BCUT2D eigenvalue weighted by atomic mass is 9.65. The van der Waals surface area contributed by atoms with E-state index in [9.17, 15) is 15.3 Å². The number of aliphatic hydroxyl groups excluding tert-OH is 3. The van der Waals surface area contributed by atoms with Crippen LogP contribution in [0, 0.1) is 11.8 Å². The fourth-order valence-electron chi connectivity index (χ4n) is 3.43. The fraction of sp³-hybridized carbons (Fsp3) is 0.524. The van der Waals surface area contributed by atoms with Gasteiger partial charge in [-0.3, -0.25) is 0 Å². The third-order valence-electron chi connectivity index (χ3n) is 4.90. The Hall–Kier alpha value is -1.36. The molecule has 0 spiro atoms. The van der Waals surface area contributed by atoms with Crippen LogP contribution in [0.3, 0.4) is 0 Å². The summed E-state index contributed by atoms with van der Waals surface area (Å²) in [6.07, 6.45) is 10.2. The lowest BCUT2D eigenvalue weighted by Gasteiger charge is -2.19.